The minimum absolute atomic E-state index is 0.195. The molecule has 36 heavy (non-hydrogen) atoms. The van der Waals surface area contributed by atoms with Crippen molar-refractivity contribution in [2.24, 2.45) is 0 Å². The Morgan fingerprint density at radius 2 is 1.75 bits per heavy atom. The maximum atomic E-state index is 12.6. The zero-order valence-electron chi connectivity index (χ0n) is 19.8. The summed E-state index contributed by atoms with van der Waals surface area (Å²) in [5, 5.41) is 13.9. The van der Waals surface area contributed by atoms with E-state index in [1.165, 1.54) is 4.68 Å². The summed E-state index contributed by atoms with van der Waals surface area (Å²) in [5.74, 6) is -0.522. The van der Waals surface area contributed by atoms with Crippen LogP contribution in [0.5, 0.6) is 0 Å². The Morgan fingerprint density at radius 3 is 2.58 bits per heavy atom. The largest absolute Gasteiger partial charge is 0.478 e. The minimum Gasteiger partial charge on any atom is -0.478 e. The highest BCUT2D eigenvalue weighted by Gasteiger charge is 2.12. The van der Waals surface area contributed by atoms with Gasteiger partial charge in [-0.1, -0.05) is 42.5 Å². The Labute approximate surface area is 207 Å². The zero-order valence-corrected chi connectivity index (χ0v) is 19.8. The molecule has 0 saturated heterocycles. The van der Waals surface area contributed by atoms with Gasteiger partial charge >= 0.3 is 5.97 Å². The summed E-state index contributed by atoms with van der Waals surface area (Å²) in [6, 6.07) is 24.2. The molecular weight excluding hydrogens is 454 g/mol. The van der Waals surface area contributed by atoms with Gasteiger partial charge in [-0.05, 0) is 60.4 Å². The summed E-state index contributed by atoms with van der Waals surface area (Å²) >= 11 is 0. The molecule has 0 aliphatic carbocycles. The quantitative estimate of drug-likeness (QED) is 0.362. The molecule has 0 unspecified atom stereocenters. The monoisotopic (exact) mass is 479 g/mol. The fourth-order valence-electron chi connectivity index (χ4n) is 4.38. The summed E-state index contributed by atoms with van der Waals surface area (Å²) in [7, 11) is 0. The van der Waals surface area contributed by atoms with Crippen LogP contribution in [0.1, 0.15) is 27.0 Å². The Hall–Kier alpha value is -4.72. The molecule has 0 radical (unpaired) electrons. The van der Waals surface area contributed by atoms with Crippen LogP contribution in [0, 0.1) is 6.92 Å². The standard InChI is InChI=1S/C28H25N5O3/c1-18-14-25(34)33(13-12-19-6-4-9-22(15-19)27(35)36)31-26(18)21-8-5-7-20(16-21)17-32-24-11-3-2-10-23(24)30-28(32)29/h2-11,14-16H,12-13,17H2,1H3,(H2,29,30)(H,35,36). The molecule has 0 spiro atoms. The Kier molecular flexibility index (Phi) is 6.08. The summed E-state index contributed by atoms with van der Waals surface area (Å²) in [4.78, 5) is 28.3. The molecule has 8 nitrogen and oxygen atoms in total. The van der Waals surface area contributed by atoms with Gasteiger partial charge < -0.3 is 15.4 Å². The topological polar surface area (TPSA) is 116 Å². The van der Waals surface area contributed by atoms with Crippen LogP contribution in [0.25, 0.3) is 22.3 Å². The summed E-state index contributed by atoms with van der Waals surface area (Å²) in [6.07, 6.45) is 0.490. The predicted molar refractivity (Wildman–Crippen MR) is 139 cm³/mol. The summed E-state index contributed by atoms with van der Waals surface area (Å²) in [6.45, 7) is 2.77. The van der Waals surface area contributed by atoms with Crippen LogP contribution in [-0.2, 0) is 19.5 Å². The van der Waals surface area contributed by atoms with Crippen molar-refractivity contribution < 1.29 is 9.90 Å². The van der Waals surface area contributed by atoms with Crippen molar-refractivity contribution >= 4 is 23.0 Å². The molecule has 2 heterocycles. The number of carboxylic acid groups (broad SMARTS) is 1. The molecule has 5 rings (SSSR count). The number of benzene rings is 3. The lowest BCUT2D eigenvalue weighted by molar-refractivity contribution is 0.0696. The van der Waals surface area contributed by atoms with Crippen molar-refractivity contribution in [3.63, 3.8) is 0 Å². The van der Waals surface area contributed by atoms with E-state index in [2.05, 4.69) is 16.1 Å². The van der Waals surface area contributed by atoms with Crippen LogP contribution in [0.3, 0.4) is 0 Å². The second kappa shape index (κ2) is 9.50. The predicted octanol–water partition coefficient (Wildman–Crippen LogP) is 4.14. The number of para-hydroxylation sites is 2. The fourth-order valence-corrected chi connectivity index (χ4v) is 4.38. The van der Waals surface area contributed by atoms with E-state index < -0.39 is 5.97 Å². The summed E-state index contributed by atoms with van der Waals surface area (Å²) < 4.78 is 3.41. The van der Waals surface area contributed by atoms with Crippen LogP contribution in [-0.4, -0.2) is 30.4 Å². The first-order valence-corrected chi connectivity index (χ1v) is 11.6. The van der Waals surface area contributed by atoms with Crippen LogP contribution < -0.4 is 11.3 Å². The van der Waals surface area contributed by atoms with Gasteiger partial charge in [0.05, 0.1) is 28.8 Å². The van der Waals surface area contributed by atoms with Gasteiger partial charge in [-0.3, -0.25) is 4.79 Å². The van der Waals surface area contributed by atoms with Crippen LogP contribution in [0.4, 0.5) is 5.95 Å². The number of rotatable bonds is 7. The highest BCUT2D eigenvalue weighted by molar-refractivity contribution is 5.87. The van der Waals surface area contributed by atoms with Crippen molar-refractivity contribution in [2.45, 2.75) is 26.4 Å². The molecule has 3 aromatic carbocycles. The molecule has 0 saturated carbocycles. The average Bonchev–Trinajstić information content (AvgIpc) is 3.18. The fraction of sp³-hybridized carbons (Fsp3) is 0.143. The molecule has 0 amide bonds. The number of hydrogen-bond donors (Lipinski definition) is 2. The first kappa shape index (κ1) is 23.0. The van der Waals surface area contributed by atoms with E-state index in [1.807, 2.05) is 60.0 Å². The van der Waals surface area contributed by atoms with Crippen LogP contribution >= 0.6 is 0 Å². The van der Waals surface area contributed by atoms with E-state index in [0.717, 1.165) is 39.0 Å². The van der Waals surface area contributed by atoms with E-state index in [0.29, 0.717) is 25.5 Å². The maximum Gasteiger partial charge on any atom is 0.335 e. The third-order valence-electron chi connectivity index (χ3n) is 6.20. The zero-order chi connectivity index (χ0) is 25.2. The number of carbonyl (C=O) groups is 1. The number of hydrogen-bond acceptors (Lipinski definition) is 5. The number of nitrogens with zero attached hydrogens (tertiary/aromatic N) is 4. The number of aromatic nitrogens is 4. The lowest BCUT2D eigenvalue weighted by Crippen LogP contribution is -2.24. The van der Waals surface area contributed by atoms with Crippen molar-refractivity contribution in [1.82, 2.24) is 19.3 Å². The number of fused-ring (bicyclic) bond motifs is 1. The van der Waals surface area contributed by atoms with E-state index in [-0.39, 0.29) is 11.1 Å². The lowest BCUT2D eigenvalue weighted by Gasteiger charge is -2.12. The van der Waals surface area contributed by atoms with Crippen LogP contribution in [0.15, 0.2) is 83.7 Å². The Bertz CT molecular complexity index is 1650. The SMILES string of the molecule is Cc1cc(=O)n(CCc2cccc(C(=O)O)c2)nc1-c1cccc(Cn2c(N)nc3ccccc32)c1. The molecule has 0 atom stereocenters. The Morgan fingerprint density at radius 1 is 0.972 bits per heavy atom. The minimum atomic E-state index is -0.977. The molecule has 3 N–H and O–H groups in total. The van der Waals surface area contributed by atoms with Gasteiger partial charge in [-0.2, -0.15) is 5.10 Å². The third kappa shape index (κ3) is 4.61. The average molecular weight is 480 g/mol. The molecule has 0 aliphatic heterocycles. The van der Waals surface area contributed by atoms with Crippen molar-refractivity contribution in [1.29, 1.82) is 0 Å². The Balaban J connectivity index is 1.43. The number of aryl methyl sites for hydroxylation is 3. The van der Waals surface area contributed by atoms with Gasteiger partial charge in [-0.25, -0.2) is 14.5 Å². The molecular formula is C28H25N5O3. The van der Waals surface area contributed by atoms with Gasteiger partial charge in [-0.15, -0.1) is 0 Å². The third-order valence-corrected chi connectivity index (χ3v) is 6.20. The first-order valence-electron chi connectivity index (χ1n) is 11.6. The second-order valence-corrected chi connectivity index (χ2v) is 8.74. The number of anilines is 1. The molecule has 8 heteroatoms. The van der Waals surface area contributed by atoms with E-state index in [1.54, 1.807) is 24.3 Å². The number of carboxylic acids is 1. The number of aromatic carboxylic acids is 1. The normalized spacial score (nSPS) is 11.1. The number of nitrogen functional groups attached to an aromatic ring is 1. The van der Waals surface area contributed by atoms with Gasteiger partial charge in [0, 0.05) is 18.2 Å². The van der Waals surface area contributed by atoms with Gasteiger partial charge in [0.25, 0.3) is 5.56 Å². The van der Waals surface area contributed by atoms with Crippen LogP contribution in [0.2, 0.25) is 0 Å². The number of imidazole rings is 1. The molecule has 0 aliphatic rings. The van der Waals surface area contributed by atoms with Gasteiger partial charge in [0.15, 0.2) is 0 Å². The highest BCUT2D eigenvalue weighted by Crippen LogP contribution is 2.24. The number of nitrogens with two attached hydrogens (primary N) is 1. The molecule has 5 aromatic rings. The van der Waals surface area contributed by atoms with Gasteiger partial charge in [0.2, 0.25) is 5.95 Å². The van der Waals surface area contributed by atoms with Gasteiger partial charge in [0.1, 0.15) is 0 Å². The maximum absolute atomic E-state index is 12.6. The first-order chi connectivity index (χ1) is 17.4. The van der Waals surface area contributed by atoms with Crippen molar-refractivity contribution in [3.05, 3.63) is 111 Å². The van der Waals surface area contributed by atoms with Crippen molar-refractivity contribution in [2.75, 3.05) is 5.73 Å². The molecule has 2 aromatic heterocycles. The van der Waals surface area contributed by atoms with E-state index in [9.17, 15) is 14.7 Å². The molecule has 0 bridgehead atoms. The van der Waals surface area contributed by atoms with Crippen molar-refractivity contribution in [3.8, 4) is 11.3 Å². The smallest absolute Gasteiger partial charge is 0.335 e. The lowest BCUT2D eigenvalue weighted by atomic mass is 10.0. The second-order valence-electron chi connectivity index (χ2n) is 8.74. The van der Waals surface area contributed by atoms with E-state index in [4.69, 9.17) is 5.73 Å². The summed E-state index contributed by atoms with van der Waals surface area (Å²) in [5.41, 5.74) is 12.3. The van der Waals surface area contributed by atoms with E-state index >= 15 is 0 Å². The highest BCUT2D eigenvalue weighted by atomic mass is 16.4. The molecule has 0 fully saturated rings. The molecule has 180 valence electrons.